The lowest BCUT2D eigenvalue weighted by molar-refractivity contribution is 0.578. The summed E-state index contributed by atoms with van der Waals surface area (Å²) in [6.45, 7) is 0.526. The van der Waals surface area contributed by atoms with Crippen molar-refractivity contribution in [1.29, 1.82) is 0 Å². The van der Waals surface area contributed by atoms with Crippen molar-refractivity contribution in [2.24, 2.45) is 5.73 Å². The van der Waals surface area contributed by atoms with Gasteiger partial charge in [-0.05, 0) is 24.2 Å². The van der Waals surface area contributed by atoms with Crippen molar-refractivity contribution in [3.8, 4) is 0 Å². The van der Waals surface area contributed by atoms with Gasteiger partial charge in [0.25, 0.3) is 0 Å². The van der Waals surface area contributed by atoms with Crippen molar-refractivity contribution in [3.05, 3.63) is 35.4 Å². The van der Waals surface area contributed by atoms with Crippen LogP contribution in [0.4, 0.5) is 0 Å². The molecule has 110 valence electrons. The van der Waals surface area contributed by atoms with E-state index in [0.29, 0.717) is 16.8 Å². The summed E-state index contributed by atoms with van der Waals surface area (Å²) >= 11 is 6.70. The third-order valence-corrected chi connectivity index (χ3v) is 6.10. The first kappa shape index (κ1) is 15.8. The second-order valence-corrected chi connectivity index (χ2v) is 8.46. The third kappa shape index (κ3) is 4.73. The fourth-order valence-corrected chi connectivity index (χ4v) is 4.69. The molecule has 1 unspecified atom stereocenters. The molecule has 7 heteroatoms. The van der Waals surface area contributed by atoms with Crippen LogP contribution in [0.2, 0.25) is 0 Å². The molecular formula is C13H18N2O2S3. The van der Waals surface area contributed by atoms with Crippen LogP contribution >= 0.6 is 24.0 Å². The van der Waals surface area contributed by atoms with E-state index in [0.717, 1.165) is 23.3 Å². The number of thioether (sulfide) groups is 1. The zero-order valence-electron chi connectivity index (χ0n) is 11.0. The fraction of sp³-hybridized carbons (Fsp3) is 0.462. The summed E-state index contributed by atoms with van der Waals surface area (Å²) in [6.07, 6.45) is 2.27. The fourth-order valence-electron chi connectivity index (χ4n) is 2.06. The first-order valence-corrected chi connectivity index (χ1v) is 9.55. The molecule has 1 fully saturated rings. The van der Waals surface area contributed by atoms with Crippen LogP contribution in [0.25, 0.3) is 0 Å². The Morgan fingerprint density at radius 2 is 2.10 bits per heavy atom. The van der Waals surface area contributed by atoms with Gasteiger partial charge < -0.3 is 5.73 Å². The van der Waals surface area contributed by atoms with E-state index in [2.05, 4.69) is 4.72 Å². The largest absolute Gasteiger partial charge is 0.389 e. The molecule has 0 radical (unpaired) electrons. The molecule has 0 aromatic heterocycles. The molecule has 1 atom stereocenters. The summed E-state index contributed by atoms with van der Waals surface area (Å²) in [7, 11) is -3.28. The molecule has 0 amide bonds. The highest BCUT2D eigenvalue weighted by molar-refractivity contribution is 8.00. The molecule has 1 aromatic rings. The Bertz CT molecular complexity index is 564. The molecule has 1 aliphatic rings. The molecule has 0 saturated carbocycles. The minimum absolute atomic E-state index is 0.0119. The van der Waals surface area contributed by atoms with Crippen LogP contribution in [-0.4, -0.2) is 31.0 Å². The number of benzene rings is 1. The molecule has 0 aliphatic carbocycles. The van der Waals surface area contributed by atoms with Crippen LogP contribution in [0.1, 0.15) is 24.0 Å². The lowest BCUT2D eigenvalue weighted by Crippen LogP contribution is -2.30. The summed E-state index contributed by atoms with van der Waals surface area (Å²) in [6, 6.07) is 7.00. The molecule has 2 rings (SSSR count). The van der Waals surface area contributed by atoms with Crippen molar-refractivity contribution in [3.63, 3.8) is 0 Å². The van der Waals surface area contributed by atoms with E-state index in [1.165, 1.54) is 6.42 Å². The van der Waals surface area contributed by atoms with Crippen LogP contribution < -0.4 is 10.5 Å². The predicted octanol–water partition coefficient (Wildman–Crippen LogP) is 1.64. The van der Waals surface area contributed by atoms with Gasteiger partial charge in [0, 0.05) is 17.4 Å². The van der Waals surface area contributed by atoms with Gasteiger partial charge in [0.05, 0.1) is 5.75 Å². The van der Waals surface area contributed by atoms with Gasteiger partial charge in [-0.2, -0.15) is 11.8 Å². The van der Waals surface area contributed by atoms with Gasteiger partial charge in [-0.25, -0.2) is 13.1 Å². The van der Waals surface area contributed by atoms with Crippen molar-refractivity contribution >= 4 is 39.0 Å². The molecule has 3 N–H and O–H groups in total. The highest BCUT2D eigenvalue weighted by atomic mass is 32.2. The SMILES string of the molecule is NC(=S)c1ccc(CS(=O)(=O)NCC2CCCS2)cc1. The third-order valence-electron chi connectivity index (χ3n) is 3.15. The normalized spacial score (nSPS) is 19.1. The Morgan fingerprint density at radius 1 is 1.40 bits per heavy atom. The predicted molar refractivity (Wildman–Crippen MR) is 88.4 cm³/mol. The van der Waals surface area contributed by atoms with Crippen LogP contribution in [0.15, 0.2) is 24.3 Å². The Balaban J connectivity index is 1.91. The Labute approximate surface area is 129 Å². The minimum Gasteiger partial charge on any atom is -0.389 e. The lowest BCUT2D eigenvalue weighted by atomic mass is 10.1. The molecule has 1 aromatic carbocycles. The van der Waals surface area contributed by atoms with Crippen LogP contribution in [0.5, 0.6) is 0 Å². The minimum atomic E-state index is -3.28. The maximum atomic E-state index is 12.0. The average molecular weight is 331 g/mol. The molecule has 0 bridgehead atoms. The summed E-state index contributed by atoms with van der Waals surface area (Å²) in [5, 5.41) is 0.418. The zero-order valence-corrected chi connectivity index (χ0v) is 13.5. The Morgan fingerprint density at radius 3 is 2.65 bits per heavy atom. The van der Waals surface area contributed by atoms with Gasteiger partial charge in [-0.1, -0.05) is 36.5 Å². The summed E-state index contributed by atoms with van der Waals surface area (Å²) < 4.78 is 26.7. The first-order valence-electron chi connectivity index (χ1n) is 6.44. The van der Waals surface area contributed by atoms with E-state index in [-0.39, 0.29) is 5.75 Å². The van der Waals surface area contributed by atoms with E-state index >= 15 is 0 Å². The summed E-state index contributed by atoms with van der Waals surface area (Å²) in [4.78, 5) is 0.316. The maximum Gasteiger partial charge on any atom is 0.215 e. The number of sulfonamides is 1. The highest BCUT2D eigenvalue weighted by Crippen LogP contribution is 2.25. The number of rotatable bonds is 6. The van der Waals surface area contributed by atoms with Crippen molar-refractivity contribution in [1.82, 2.24) is 4.72 Å². The molecule has 1 saturated heterocycles. The number of hydrogen-bond donors (Lipinski definition) is 2. The Hall–Kier alpha value is -0.630. The number of nitrogens with one attached hydrogen (secondary N) is 1. The zero-order chi connectivity index (χ0) is 14.6. The van der Waals surface area contributed by atoms with Crippen LogP contribution in [0.3, 0.4) is 0 Å². The van der Waals surface area contributed by atoms with Gasteiger partial charge in [0.15, 0.2) is 0 Å². The van der Waals surface area contributed by atoms with E-state index in [4.69, 9.17) is 18.0 Å². The van der Waals surface area contributed by atoms with Crippen molar-refractivity contribution in [2.45, 2.75) is 23.8 Å². The van der Waals surface area contributed by atoms with E-state index < -0.39 is 10.0 Å². The lowest BCUT2D eigenvalue weighted by Gasteiger charge is -2.11. The number of hydrogen-bond acceptors (Lipinski definition) is 4. The van der Waals surface area contributed by atoms with Gasteiger partial charge in [0.1, 0.15) is 4.99 Å². The molecule has 1 aliphatic heterocycles. The van der Waals surface area contributed by atoms with Gasteiger partial charge in [0.2, 0.25) is 10.0 Å². The van der Waals surface area contributed by atoms with Crippen LogP contribution in [-0.2, 0) is 15.8 Å². The first-order chi connectivity index (χ1) is 9.46. The Kier molecular flexibility index (Phi) is 5.42. The van der Waals surface area contributed by atoms with Gasteiger partial charge >= 0.3 is 0 Å². The second-order valence-electron chi connectivity index (χ2n) is 4.80. The standard InChI is InChI=1S/C13H18N2O2S3/c14-13(18)11-5-3-10(4-6-11)9-20(16,17)15-8-12-2-1-7-19-12/h3-6,12,15H,1-2,7-9H2,(H2,14,18). The molecule has 0 spiro atoms. The number of nitrogens with two attached hydrogens (primary N) is 1. The van der Waals surface area contributed by atoms with Gasteiger partial charge in [-0.3, -0.25) is 0 Å². The quantitative estimate of drug-likeness (QED) is 0.776. The van der Waals surface area contributed by atoms with E-state index in [1.807, 2.05) is 11.8 Å². The summed E-state index contributed by atoms with van der Waals surface area (Å²) in [5.41, 5.74) is 6.99. The second kappa shape index (κ2) is 6.89. The molecular weight excluding hydrogens is 312 g/mol. The van der Waals surface area contributed by atoms with E-state index in [1.54, 1.807) is 24.3 Å². The van der Waals surface area contributed by atoms with Crippen molar-refractivity contribution < 1.29 is 8.42 Å². The van der Waals surface area contributed by atoms with Gasteiger partial charge in [-0.15, -0.1) is 0 Å². The summed E-state index contributed by atoms with van der Waals surface area (Å²) in [5.74, 6) is 1.12. The molecule has 20 heavy (non-hydrogen) atoms. The smallest absolute Gasteiger partial charge is 0.215 e. The van der Waals surface area contributed by atoms with Crippen molar-refractivity contribution in [2.75, 3.05) is 12.3 Å². The number of thiocarbonyl (C=S) groups is 1. The monoisotopic (exact) mass is 330 g/mol. The molecule has 4 nitrogen and oxygen atoms in total. The average Bonchev–Trinajstić information content (AvgIpc) is 2.90. The van der Waals surface area contributed by atoms with Crippen LogP contribution in [0, 0.1) is 0 Å². The topological polar surface area (TPSA) is 72.2 Å². The maximum absolute atomic E-state index is 12.0. The highest BCUT2D eigenvalue weighted by Gasteiger charge is 2.19. The molecule has 1 heterocycles. The van der Waals surface area contributed by atoms with E-state index in [9.17, 15) is 8.42 Å².